The van der Waals surface area contributed by atoms with Crippen LogP contribution in [0.25, 0.3) is 0 Å². The molecule has 0 aromatic rings. The van der Waals surface area contributed by atoms with Crippen LogP contribution in [0.3, 0.4) is 0 Å². The van der Waals surface area contributed by atoms with Gasteiger partial charge in [0.05, 0.1) is 0 Å². The van der Waals surface area contributed by atoms with Gasteiger partial charge in [-0.15, -0.1) is 0 Å². The van der Waals surface area contributed by atoms with Gasteiger partial charge in [0.2, 0.25) is 0 Å². The SMILES string of the molecule is CC(C)(C)CNCC1CC1.[HH]. The Morgan fingerprint density at radius 1 is 1.40 bits per heavy atom. The van der Waals surface area contributed by atoms with Crippen LogP contribution in [0, 0.1) is 11.3 Å². The molecule has 0 radical (unpaired) electrons. The van der Waals surface area contributed by atoms with Gasteiger partial charge in [-0.1, -0.05) is 20.8 Å². The molecule has 1 rings (SSSR count). The molecule has 1 nitrogen and oxygen atoms in total. The van der Waals surface area contributed by atoms with Crippen molar-refractivity contribution in [2.75, 3.05) is 13.1 Å². The molecule has 0 amide bonds. The Labute approximate surface area is 65.7 Å². The van der Waals surface area contributed by atoms with Gasteiger partial charge in [-0.05, 0) is 37.3 Å². The van der Waals surface area contributed by atoms with Crippen LogP contribution in [0.5, 0.6) is 0 Å². The molecule has 0 atom stereocenters. The molecular formula is C9H21N. The summed E-state index contributed by atoms with van der Waals surface area (Å²) in [5, 5.41) is 3.49. The van der Waals surface area contributed by atoms with Crippen LogP contribution < -0.4 is 5.32 Å². The molecule has 0 aromatic heterocycles. The number of hydrogen-bond acceptors (Lipinski definition) is 1. The highest BCUT2D eigenvalue weighted by Gasteiger charge is 2.21. The first-order valence-corrected chi connectivity index (χ1v) is 4.29. The lowest BCUT2D eigenvalue weighted by Crippen LogP contribution is -2.28. The molecule has 1 heteroatoms. The molecule has 1 aliphatic rings. The molecule has 0 aromatic carbocycles. The summed E-state index contributed by atoms with van der Waals surface area (Å²) < 4.78 is 0. The third-order valence-corrected chi connectivity index (χ3v) is 1.79. The normalized spacial score (nSPS) is 19.5. The van der Waals surface area contributed by atoms with E-state index in [1.54, 1.807) is 0 Å². The van der Waals surface area contributed by atoms with Crippen LogP contribution >= 0.6 is 0 Å². The molecule has 0 saturated heterocycles. The third-order valence-electron chi connectivity index (χ3n) is 1.79. The summed E-state index contributed by atoms with van der Waals surface area (Å²) in [6, 6.07) is 0. The van der Waals surface area contributed by atoms with E-state index in [0.29, 0.717) is 5.41 Å². The molecule has 1 N–H and O–H groups in total. The van der Waals surface area contributed by atoms with Gasteiger partial charge in [0, 0.05) is 1.43 Å². The molecule has 62 valence electrons. The van der Waals surface area contributed by atoms with Gasteiger partial charge in [-0.3, -0.25) is 0 Å². The maximum Gasteiger partial charge on any atom is 0 e. The molecule has 10 heavy (non-hydrogen) atoms. The Kier molecular flexibility index (Phi) is 2.35. The topological polar surface area (TPSA) is 12.0 Å². The van der Waals surface area contributed by atoms with Crippen molar-refractivity contribution in [2.45, 2.75) is 33.6 Å². The number of rotatable bonds is 3. The van der Waals surface area contributed by atoms with E-state index in [2.05, 4.69) is 26.1 Å². The summed E-state index contributed by atoms with van der Waals surface area (Å²) in [5.41, 5.74) is 0.453. The van der Waals surface area contributed by atoms with E-state index in [0.717, 1.165) is 12.5 Å². The predicted octanol–water partition coefficient (Wildman–Crippen LogP) is 2.28. The highest BCUT2D eigenvalue weighted by atomic mass is 14.9. The molecule has 1 saturated carbocycles. The Morgan fingerprint density at radius 3 is 2.40 bits per heavy atom. The van der Waals surface area contributed by atoms with E-state index < -0.39 is 0 Å². The van der Waals surface area contributed by atoms with Crippen molar-refractivity contribution in [3.63, 3.8) is 0 Å². The first-order valence-electron chi connectivity index (χ1n) is 4.29. The summed E-state index contributed by atoms with van der Waals surface area (Å²) in [4.78, 5) is 0. The molecule has 1 fully saturated rings. The Morgan fingerprint density at radius 2 is 2.00 bits per heavy atom. The fourth-order valence-corrected chi connectivity index (χ4v) is 0.973. The van der Waals surface area contributed by atoms with Crippen LogP contribution in [-0.2, 0) is 0 Å². The van der Waals surface area contributed by atoms with Gasteiger partial charge in [0.15, 0.2) is 0 Å². The van der Waals surface area contributed by atoms with Crippen molar-refractivity contribution in [2.24, 2.45) is 11.3 Å². The molecular weight excluding hydrogens is 122 g/mol. The van der Waals surface area contributed by atoms with Crippen molar-refractivity contribution >= 4 is 0 Å². The van der Waals surface area contributed by atoms with Crippen LogP contribution in [0.2, 0.25) is 0 Å². The second-order valence-corrected chi connectivity index (χ2v) is 4.63. The molecule has 0 bridgehead atoms. The number of hydrogen-bond donors (Lipinski definition) is 1. The average molecular weight is 143 g/mol. The van der Waals surface area contributed by atoms with Crippen molar-refractivity contribution < 1.29 is 1.43 Å². The molecule has 0 unspecified atom stereocenters. The zero-order chi connectivity index (χ0) is 7.61. The summed E-state index contributed by atoms with van der Waals surface area (Å²) in [7, 11) is 0. The standard InChI is InChI=1S/C9H19N.H2/c1-9(2,3)7-10-6-8-4-5-8;/h8,10H,4-7H2,1-3H3;1H. The monoisotopic (exact) mass is 143 g/mol. The smallest absolute Gasteiger partial charge is 0 e. The maximum absolute atomic E-state index is 3.49. The average Bonchev–Trinajstić information content (AvgIpc) is 2.45. The predicted molar refractivity (Wildman–Crippen MR) is 47.2 cm³/mol. The van der Waals surface area contributed by atoms with Gasteiger partial charge in [0.1, 0.15) is 0 Å². The lowest BCUT2D eigenvalue weighted by Gasteiger charge is -2.18. The summed E-state index contributed by atoms with van der Waals surface area (Å²) in [6.45, 7) is 9.22. The van der Waals surface area contributed by atoms with Crippen molar-refractivity contribution in [3.8, 4) is 0 Å². The van der Waals surface area contributed by atoms with E-state index in [9.17, 15) is 0 Å². The highest BCUT2D eigenvalue weighted by Crippen LogP contribution is 2.27. The zero-order valence-corrected chi connectivity index (χ0v) is 7.41. The largest absolute Gasteiger partial charge is 0.316 e. The minimum Gasteiger partial charge on any atom is -0.316 e. The lowest BCUT2D eigenvalue weighted by molar-refractivity contribution is 0.377. The van der Waals surface area contributed by atoms with Crippen LogP contribution in [0.4, 0.5) is 0 Å². The number of nitrogens with one attached hydrogen (secondary N) is 1. The summed E-state index contributed by atoms with van der Waals surface area (Å²) in [6.07, 6.45) is 2.91. The molecule has 0 spiro atoms. The fourth-order valence-electron chi connectivity index (χ4n) is 0.973. The van der Waals surface area contributed by atoms with E-state index in [-0.39, 0.29) is 1.43 Å². The summed E-state index contributed by atoms with van der Waals surface area (Å²) >= 11 is 0. The van der Waals surface area contributed by atoms with Crippen molar-refractivity contribution in [3.05, 3.63) is 0 Å². The van der Waals surface area contributed by atoms with Crippen LogP contribution in [-0.4, -0.2) is 13.1 Å². The Hall–Kier alpha value is -0.0400. The van der Waals surface area contributed by atoms with Crippen LogP contribution in [0.15, 0.2) is 0 Å². The van der Waals surface area contributed by atoms with E-state index in [1.807, 2.05) is 0 Å². The second-order valence-electron chi connectivity index (χ2n) is 4.63. The maximum atomic E-state index is 3.49. The quantitative estimate of drug-likeness (QED) is 0.639. The van der Waals surface area contributed by atoms with E-state index in [4.69, 9.17) is 0 Å². The van der Waals surface area contributed by atoms with Gasteiger partial charge < -0.3 is 5.32 Å². The Bertz CT molecular complexity index is 103. The van der Waals surface area contributed by atoms with Gasteiger partial charge in [-0.2, -0.15) is 0 Å². The lowest BCUT2D eigenvalue weighted by atomic mass is 9.97. The Balaban J connectivity index is 0.000001000. The first kappa shape index (κ1) is 8.06. The van der Waals surface area contributed by atoms with E-state index in [1.165, 1.54) is 19.4 Å². The van der Waals surface area contributed by atoms with E-state index >= 15 is 0 Å². The minimum atomic E-state index is 0. The van der Waals surface area contributed by atoms with Crippen LogP contribution in [0.1, 0.15) is 35.0 Å². The van der Waals surface area contributed by atoms with Gasteiger partial charge in [-0.25, -0.2) is 0 Å². The minimum absolute atomic E-state index is 0. The van der Waals surface area contributed by atoms with Gasteiger partial charge >= 0.3 is 0 Å². The molecule has 0 aliphatic heterocycles. The van der Waals surface area contributed by atoms with Gasteiger partial charge in [0.25, 0.3) is 0 Å². The highest BCUT2D eigenvalue weighted by molar-refractivity contribution is 4.76. The first-order chi connectivity index (χ1) is 4.58. The zero-order valence-electron chi connectivity index (χ0n) is 7.41. The second kappa shape index (κ2) is 2.91. The summed E-state index contributed by atoms with van der Waals surface area (Å²) in [5.74, 6) is 1.02. The molecule has 1 aliphatic carbocycles. The van der Waals surface area contributed by atoms with Crippen molar-refractivity contribution in [1.29, 1.82) is 0 Å². The van der Waals surface area contributed by atoms with Crippen molar-refractivity contribution in [1.82, 2.24) is 5.32 Å². The fraction of sp³-hybridized carbons (Fsp3) is 1.00. The molecule has 0 heterocycles. The third kappa shape index (κ3) is 3.89.